The minimum Gasteiger partial charge on any atom is -0.480 e. The van der Waals surface area contributed by atoms with Crippen molar-refractivity contribution in [3.63, 3.8) is 0 Å². The predicted octanol–water partition coefficient (Wildman–Crippen LogP) is 2.61. The Hall–Kier alpha value is -2.89. The predicted molar refractivity (Wildman–Crippen MR) is 93.3 cm³/mol. The topological polar surface area (TPSA) is 92.7 Å². The molecule has 0 heterocycles. The molecule has 0 bridgehead atoms. The molecule has 0 radical (unpaired) electrons. The van der Waals surface area contributed by atoms with Gasteiger partial charge in [-0.2, -0.15) is 0 Å². The van der Waals surface area contributed by atoms with Crippen molar-refractivity contribution in [2.45, 2.75) is 26.3 Å². The molecule has 0 aromatic heterocycles. The second kappa shape index (κ2) is 8.28. The maximum Gasteiger partial charge on any atom is 0.326 e. The van der Waals surface area contributed by atoms with E-state index in [-0.39, 0.29) is 13.0 Å². The highest BCUT2D eigenvalue weighted by molar-refractivity contribution is 6.00. The smallest absolute Gasteiger partial charge is 0.326 e. The van der Waals surface area contributed by atoms with E-state index >= 15 is 0 Å². The molecule has 0 saturated carbocycles. The number of nitrogens with one attached hydrogen (secondary N) is 1. The SMILES string of the molecule is CCOC(=O)[C@H](C)C[C@H](NC(=O)c1ccc2ccccc2c1)C(=O)O. The van der Waals surface area contributed by atoms with E-state index in [0.717, 1.165) is 10.8 Å². The Morgan fingerprint density at radius 3 is 2.44 bits per heavy atom. The molecule has 0 saturated heterocycles. The molecule has 132 valence electrons. The molecule has 2 N–H and O–H groups in total. The zero-order valence-corrected chi connectivity index (χ0v) is 14.2. The van der Waals surface area contributed by atoms with Gasteiger partial charge in [0, 0.05) is 5.56 Å². The molecule has 0 aliphatic heterocycles. The molecule has 2 aromatic carbocycles. The minimum absolute atomic E-state index is 0.0342. The fourth-order valence-electron chi connectivity index (χ4n) is 2.53. The summed E-state index contributed by atoms with van der Waals surface area (Å²) in [5, 5.41) is 13.7. The van der Waals surface area contributed by atoms with Crippen molar-refractivity contribution in [2.75, 3.05) is 6.61 Å². The van der Waals surface area contributed by atoms with Crippen LogP contribution < -0.4 is 5.32 Å². The van der Waals surface area contributed by atoms with E-state index < -0.39 is 29.8 Å². The molecule has 2 aromatic rings. The second-order valence-electron chi connectivity index (χ2n) is 5.82. The molecule has 1 amide bonds. The van der Waals surface area contributed by atoms with Crippen molar-refractivity contribution in [1.29, 1.82) is 0 Å². The van der Waals surface area contributed by atoms with Crippen LogP contribution in [0.3, 0.4) is 0 Å². The summed E-state index contributed by atoms with van der Waals surface area (Å²) in [5.74, 6) is -2.79. The van der Waals surface area contributed by atoms with E-state index in [2.05, 4.69) is 5.32 Å². The average molecular weight is 343 g/mol. The highest BCUT2D eigenvalue weighted by Crippen LogP contribution is 2.16. The van der Waals surface area contributed by atoms with Crippen LogP contribution in [0.5, 0.6) is 0 Å². The fourth-order valence-corrected chi connectivity index (χ4v) is 2.53. The van der Waals surface area contributed by atoms with Crippen molar-refractivity contribution in [1.82, 2.24) is 5.32 Å². The molecule has 0 spiro atoms. The molecule has 0 unspecified atom stereocenters. The Labute approximate surface area is 145 Å². The number of aliphatic carboxylic acids is 1. The number of ether oxygens (including phenoxy) is 1. The summed E-state index contributed by atoms with van der Waals surface area (Å²) >= 11 is 0. The molecule has 0 aliphatic rings. The van der Waals surface area contributed by atoms with Crippen LogP contribution in [0.1, 0.15) is 30.6 Å². The van der Waals surface area contributed by atoms with Gasteiger partial charge in [0.25, 0.3) is 5.91 Å². The summed E-state index contributed by atoms with van der Waals surface area (Å²) in [6, 6.07) is 11.6. The number of hydrogen-bond acceptors (Lipinski definition) is 4. The van der Waals surface area contributed by atoms with Crippen molar-refractivity contribution in [3.8, 4) is 0 Å². The molecule has 0 aliphatic carbocycles. The number of carboxylic acids is 1. The average Bonchev–Trinajstić information content (AvgIpc) is 2.60. The summed E-state index contributed by atoms with van der Waals surface area (Å²) in [7, 11) is 0. The van der Waals surface area contributed by atoms with Gasteiger partial charge in [-0.25, -0.2) is 4.79 Å². The highest BCUT2D eigenvalue weighted by atomic mass is 16.5. The fraction of sp³-hybridized carbons (Fsp3) is 0.316. The van der Waals surface area contributed by atoms with Crippen LogP contribution in [-0.4, -0.2) is 35.6 Å². The lowest BCUT2D eigenvalue weighted by Crippen LogP contribution is -2.42. The van der Waals surface area contributed by atoms with Gasteiger partial charge in [0.15, 0.2) is 0 Å². The van der Waals surface area contributed by atoms with Gasteiger partial charge in [0.2, 0.25) is 0 Å². The van der Waals surface area contributed by atoms with E-state index in [1.165, 1.54) is 0 Å². The van der Waals surface area contributed by atoms with Crippen molar-refractivity contribution >= 4 is 28.6 Å². The maximum atomic E-state index is 12.4. The molecule has 0 fully saturated rings. The van der Waals surface area contributed by atoms with Crippen molar-refractivity contribution in [3.05, 3.63) is 48.0 Å². The number of hydrogen-bond donors (Lipinski definition) is 2. The third-order valence-corrected chi connectivity index (χ3v) is 3.89. The lowest BCUT2D eigenvalue weighted by atomic mass is 10.0. The lowest BCUT2D eigenvalue weighted by Gasteiger charge is -2.18. The Bertz CT molecular complexity index is 786. The third-order valence-electron chi connectivity index (χ3n) is 3.89. The quantitative estimate of drug-likeness (QED) is 0.754. The van der Waals surface area contributed by atoms with Gasteiger partial charge in [-0.3, -0.25) is 9.59 Å². The summed E-state index contributed by atoms with van der Waals surface area (Å²) in [5.41, 5.74) is 0.369. The largest absolute Gasteiger partial charge is 0.480 e. The number of rotatable bonds is 7. The maximum absolute atomic E-state index is 12.4. The second-order valence-corrected chi connectivity index (χ2v) is 5.82. The number of esters is 1. The van der Waals surface area contributed by atoms with E-state index in [1.54, 1.807) is 32.0 Å². The standard InChI is InChI=1S/C19H21NO5/c1-3-25-19(24)12(2)10-16(18(22)23)20-17(21)15-9-8-13-6-4-5-7-14(13)11-15/h4-9,11-12,16H,3,10H2,1-2H3,(H,20,21)(H,22,23)/t12-,16+/m1/s1. The molecule has 2 atom stereocenters. The monoisotopic (exact) mass is 343 g/mol. The first-order chi connectivity index (χ1) is 11.9. The number of carboxylic acid groups (broad SMARTS) is 1. The van der Waals surface area contributed by atoms with Crippen LogP contribution in [0, 0.1) is 5.92 Å². The molecular weight excluding hydrogens is 322 g/mol. The Balaban J connectivity index is 2.10. The van der Waals surface area contributed by atoms with E-state index in [4.69, 9.17) is 4.74 Å². The summed E-state index contributed by atoms with van der Waals surface area (Å²) in [6.07, 6.45) is -0.0342. The van der Waals surface area contributed by atoms with Crippen LogP contribution in [0.15, 0.2) is 42.5 Å². The molecule has 6 nitrogen and oxygen atoms in total. The molecule has 6 heteroatoms. The summed E-state index contributed by atoms with van der Waals surface area (Å²) < 4.78 is 4.88. The van der Waals surface area contributed by atoms with E-state index in [1.807, 2.05) is 24.3 Å². The van der Waals surface area contributed by atoms with E-state index in [0.29, 0.717) is 5.56 Å². The van der Waals surface area contributed by atoms with Gasteiger partial charge in [0.1, 0.15) is 6.04 Å². The first-order valence-electron chi connectivity index (χ1n) is 8.11. The van der Waals surface area contributed by atoms with E-state index in [9.17, 15) is 19.5 Å². The van der Waals surface area contributed by atoms with Crippen LogP contribution in [0.2, 0.25) is 0 Å². The Morgan fingerprint density at radius 2 is 1.80 bits per heavy atom. The number of amides is 1. The summed E-state index contributed by atoms with van der Waals surface area (Å²) in [6.45, 7) is 3.49. The number of carbonyl (C=O) groups is 3. The molecule has 25 heavy (non-hydrogen) atoms. The minimum atomic E-state index is -1.19. The first-order valence-corrected chi connectivity index (χ1v) is 8.11. The van der Waals surface area contributed by atoms with Crippen molar-refractivity contribution < 1.29 is 24.2 Å². The lowest BCUT2D eigenvalue weighted by molar-refractivity contribution is -0.148. The Kier molecular flexibility index (Phi) is 6.11. The zero-order chi connectivity index (χ0) is 18.4. The normalized spacial score (nSPS) is 13.0. The zero-order valence-electron chi connectivity index (χ0n) is 14.2. The van der Waals surface area contributed by atoms with Crippen LogP contribution in [0.25, 0.3) is 10.8 Å². The Morgan fingerprint density at radius 1 is 1.12 bits per heavy atom. The van der Waals surface area contributed by atoms with Gasteiger partial charge in [0.05, 0.1) is 12.5 Å². The number of fused-ring (bicyclic) bond motifs is 1. The van der Waals surface area contributed by atoms with Gasteiger partial charge in [-0.1, -0.05) is 37.3 Å². The number of benzene rings is 2. The van der Waals surface area contributed by atoms with Crippen LogP contribution in [-0.2, 0) is 14.3 Å². The van der Waals surface area contributed by atoms with Gasteiger partial charge < -0.3 is 15.2 Å². The van der Waals surface area contributed by atoms with Gasteiger partial charge >= 0.3 is 11.9 Å². The first kappa shape index (κ1) is 18.4. The third kappa shape index (κ3) is 4.79. The van der Waals surface area contributed by atoms with Crippen LogP contribution in [0.4, 0.5) is 0 Å². The molecular formula is C19H21NO5. The highest BCUT2D eigenvalue weighted by Gasteiger charge is 2.26. The van der Waals surface area contributed by atoms with Gasteiger partial charge in [-0.15, -0.1) is 0 Å². The van der Waals surface area contributed by atoms with Crippen LogP contribution >= 0.6 is 0 Å². The van der Waals surface area contributed by atoms with Gasteiger partial charge in [-0.05, 0) is 36.2 Å². The van der Waals surface area contributed by atoms with Crippen molar-refractivity contribution in [2.24, 2.45) is 5.92 Å². The number of carbonyl (C=O) groups excluding carboxylic acids is 2. The summed E-state index contributed by atoms with van der Waals surface area (Å²) in [4.78, 5) is 35.5. The molecule has 2 rings (SSSR count).